The van der Waals surface area contributed by atoms with Crippen molar-refractivity contribution in [2.45, 2.75) is 20.8 Å². The van der Waals surface area contributed by atoms with E-state index in [1.807, 2.05) is 57.2 Å². The summed E-state index contributed by atoms with van der Waals surface area (Å²) in [4.78, 5) is 6.79. The summed E-state index contributed by atoms with van der Waals surface area (Å²) in [6, 6.07) is 21.5. The van der Waals surface area contributed by atoms with Crippen LogP contribution in [0.4, 0.5) is 0 Å². The highest BCUT2D eigenvalue weighted by molar-refractivity contribution is 7.88. The van der Waals surface area contributed by atoms with E-state index in [0.29, 0.717) is 34.5 Å². The number of nitrogens with zero attached hydrogens (tertiary/aromatic N) is 1. The van der Waals surface area contributed by atoms with Crippen LogP contribution in [0.1, 0.15) is 20.8 Å². The van der Waals surface area contributed by atoms with Crippen molar-refractivity contribution in [3.8, 4) is 34.5 Å². The Morgan fingerprint density at radius 2 is 1.14 bits per heavy atom. The minimum Gasteiger partial charge on any atom is -0.497 e. The van der Waals surface area contributed by atoms with Crippen LogP contribution in [0.2, 0.25) is 0 Å². The molecule has 3 atom stereocenters. The summed E-state index contributed by atoms with van der Waals surface area (Å²) >= 11 is 0. The van der Waals surface area contributed by atoms with Gasteiger partial charge in [0.05, 0.1) is 46.0 Å². The highest BCUT2D eigenvalue weighted by Crippen LogP contribution is 2.80. The van der Waals surface area contributed by atoms with Gasteiger partial charge in [-0.05, 0) is 62.0 Å². The summed E-state index contributed by atoms with van der Waals surface area (Å²) in [5.41, 5.74) is 0. The van der Waals surface area contributed by atoms with Crippen molar-refractivity contribution in [3.63, 3.8) is 0 Å². The number of rotatable bonds is 15. The Labute approximate surface area is 248 Å². The normalized spacial score (nSPS) is 23.4. The molecule has 228 valence electrons. The van der Waals surface area contributed by atoms with Crippen molar-refractivity contribution in [2.24, 2.45) is 4.52 Å². The Bertz CT molecular complexity index is 1390. The van der Waals surface area contributed by atoms with Crippen molar-refractivity contribution >= 4 is 23.7 Å². The van der Waals surface area contributed by atoms with Crippen LogP contribution in [0.25, 0.3) is 0 Å². The van der Waals surface area contributed by atoms with Gasteiger partial charge in [-0.15, -0.1) is 0 Å². The number of hydrogen-bond donors (Lipinski definition) is 2. The monoisotopic (exact) mass is 641 g/mol. The van der Waals surface area contributed by atoms with Gasteiger partial charge in [-0.1, -0.05) is 18.2 Å². The first kappa shape index (κ1) is 32.3. The van der Waals surface area contributed by atoms with E-state index in [0.717, 1.165) is 0 Å². The maximum Gasteiger partial charge on any atom is 0.571 e. The van der Waals surface area contributed by atoms with Crippen molar-refractivity contribution < 1.29 is 41.4 Å². The molecule has 15 heteroatoms. The summed E-state index contributed by atoms with van der Waals surface area (Å²) in [5.74, 6) is 3.22. The lowest BCUT2D eigenvalue weighted by atomic mass is 10.3. The van der Waals surface area contributed by atoms with E-state index in [4.69, 9.17) is 45.9 Å². The number of nitrogens with one attached hydrogen (secondary N) is 2. The average molecular weight is 642 g/mol. The predicted molar refractivity (Wildman–Crippen MR) is 165 cm³/mol. The minimum absolute atomic E-state index is 0.255. The first-order valence-corrected chi connectivity index (χ1v) is 18.1. The van der Waals surface area contributed by atoms with E-state index >= 15 is 0 Å². The van der Waals surface area contributed by atoms with Crippen LogP contribution in [0.15, 0.2) is 77.3 Å². The maximum absolute atomic E-state index is 6.61. The van der Waals surface area contributed by atoms with Crippen LogP contribution in [0.5, 0.6) is 34.5 Å². The lowest BCUT2D eigenvalue weighted by molar-refractivity contribution is 0.272. The first-order valence-electron chi connectivity index (χ1n) is 13.3. The fraction of sp³-hybridized carbons (Fsp3) is 0.333. The zero-order chi connectivity index (χ0) is 30.1. The molecule has 3 aromatic carbocycles. The third-order valence-corrected chi connectivity index (χ3v) is 14.7. The van der Waals surface area contributed by atoms with Gasteiger partial charge >= 0.3 is 23.7 Å². The molecule has 0 spiro atoms. The summed E-state index contributed by atoms with van der Waals surface area (Å²) in [6.45, 7) is 6.34. The highest BCUT2D eigenvalue weighted by atomic mass is 31.3. The smallest absolute Gasteiger partial charge is 0.497 e. The summed E-state index contributed by atoms with van der Waals surface area (Å²) in [7, 11) is -5.54. The van der Waals surface area contributed by atoms with E-state index in [-0.39, 0.29) is 19.8 Å². The predicted octanol–water partition coefficient (Wildman–Crippen LogP) is 7.85. The summed E-state index contributed by atoms with van der Waals surface area (Å²) in [5, 5.41) is 0. The number of methoxy groups -OCH3 is 3. The molecule has 0 aromatic heterocycles. The minimum atomic E-state index is -3.46. The second kappa shape index (κ2) is 14.7. The van der Waals surface area contributed by atoms with E-state index in [9.17, 15) is 0 Å². The van der Waals surface area contributed by atoms with Gasteiger partial charge in [-0.3, -0.25) is 13.6 Å². The van der Waals surface area contributed by atoms with E-state index < -0.39 is 23.7 Å². The topological polar surface area (TPSA) is 119 Å². The van der Waals surface area contributed by atoms with E-state index in [2.05, 4.69) is 9.72 Å². The Kier molecular flexibility index (Phi) is 11.3. The molecule has 12 nitrogen and oxygen atoms in total. The standard InChI is InChI=1S/C27H38N3O9P3/c1-7-34-40(37-25-16-10-13-22(19-25)31-4)28-41(35-8-2,38-26-17-11-14-23(20-26)32-5)30-42(29-40,36-9-3)39-27-18-12-15-24(21-27)33-6/h10-21,28-29H,7-9H2,1-6H3/q+2. The molecule has 3 unspecified atom stereocenters. The van der Waals surface area contributed by atoms with Crippen LogP contribution >= 0.6 is 23.7 Å². The van der Waals surface area contributed by atoms with Crippen LogP contribution in [-0.4, -0.2) is 41.2 Å². The van der Waals surface area contributed by atoms with Crippen molar-refractivity contribution in [1.82, 2.24) is 9.72 Å². The third-order valence-electron chi connectivity index (χ3n) is 5.49. The molecule has 0 fully saturated rings. The molecule has 0 aliphatic carbocycles. The third kappa shape index (κ3) is 8.04. The summed E-state index contributed by atoms with van der Waals surface area (Å²) in [6.07, 6.45) is 0. The molecule has 0 saturated carbocycles. The quantitative estimate of drug-likeness (QED) is 0.158. The van der Waals surface area contributed by atoms with E-state index in [1.54, 1.807) is 57.7 Å². The average Bonchev–Trinajstić information content (AvgIpc) is 2.97. The Morgan fingerprint density at radius 1 is 0.643 bits per heavy atom. The molecular formula is C27H38N3O9P3+2. The zero-order valence-corrected chi connectivity index (χ0v) is 27.2. The van der Waals surface area contributed by atoms with Gasteiger partial charge in [0.1, 0.15) is 23.0 Å². The molecule has 4 rings (SSSR count). The number of ether oxygens (including phenoxy) is 3. The molecule has 0 bridgehead atoms. The van der Waals surface area contributed by atoms with Crippen molar-refractivity contribution in [3.05, 3.63) is 72.8 Å². The van der Waals surface area contributed by atoms with E-state index in [1.165, 1.54) is 0 Å². The molecule has 2 N–H and O–H groups in total. The Hall–Kier alpha value is -2.65. The van der Waals surface area contributed by atoms with Crippen molar-refractivity contribution in [2.75, 3.05) is 41.2 Å². The fourth-order valence-electron chi connectivity index (χ4n) is 3.85. The molecular weight excluding hydrogens is 603 g/mol. The molecule has 1 heterocycles. The molecule has 0 saturated heterocycles. The Balaban J connectivity index is 1.90. The van der Waals surface area contributed by atoms with Gasteiger partial charge in [-0.2, -0.15) is 9.05 Å². The SMILES string of the molecule is CCOP1(Oc2cccc(OC)c2)=N[P+](OCC)(Oc2cccc(OC)c2)N[P+](OCC)(Oc2cccc(OC)c2)N1. The van der Waals surface area contributed by atoms with Crippen LogP contribution in [0, 0.1) is 0 Å². The number of benzene rings is 3. The van der Waals surface area contributed by atoms with Gasteiger partial charge in [0.15, 0.2) is 11.5 Å². The number of hydrogen-bond acceptors (Lipinski definition) is 12. The van der Waals surface area contributed by atoms with Gasteiger partial charge in [0.2, 0.25) is 0 Å². The first-order chi connectivity index (χ1) is 20.3. The summed E-state index contributed by atoms with van der Waals surface area (Å²) < 4.78 is 60.1. The van der Waals surface area contributed by atoms with Gasteiger partial charge in [-0.25, -0.2) is 0 Å². The Morgan fingerprint density at radius 3 is 1.67 bits per heavy atom. The van der Waals surface area contributed by atoms with Crippen LogP contribution in [0.3, 0.4) is 0 Å². The largest absolute Gasteiger partial charge is 0.571 e. The second-order valence-electron chi connectivity index (χ2n) is 8.45. The van der Waals surface area contributed by atoms with Crippen LogP contribution in [-0.2, 0) is 13.6 Å². The van der Waals surface area contributed by atoms with Gasteiger partial charge in [0, 0.05) is 22.7 Å². The molecule has 0 amide bonds. The lowest BCUT2D eigenvalue weighted by Gasteiger charge is -2.34. The second-order valence-corrected chi connectivity index (χ2v) is 15.3. The van der Waals surface area contributed by atoms with Crippen LogP contribution < -0.4 is 37.5 Å². The van der Waals surface area contributed by atoms with Gasteiger partial charge in [0.25, 0.3) is 0 Å². The zero-order valence-electron chi connectivity index (χ0n) is 24.5. The molecule has 42 heavy (non-hydrogen) atoms. The highest BCUT2D eigenvalue weighted by Gasteiger charge is 2.72. The molecule has 0 radical (unpaired) electrons. The van der Waals surface area contributed by atoms with Gasteiger partial charge < -0.3 is 18.7 Å². The molecule has 1 aliphatic rings. The molecule has 1 aliphatic heterocycles. The fourth-order valence-corrected chi connectivity index (χ4v) is 14.1. The lowest BCUT2D eigenvalue weighted by Crippen LogP contribution is -2.38. The van der Waals surface area contributed by atoms with Crippen molar-refractivity contribution in [1.29, 1.82) is 0 Å². The molecule has 3 aromatic rings. The maximum atomic E-state index is 6.61.